The van der Waals surface area contributed by atoms with Gasteiger partial charge in [-0.3, -0.25) is 14.4 Å². The molecule has 0 unspecified atom stereocenters. The molecule has 3 aromatic carbocycles. The summed E-state index contributed by atoms with van der Waals surface area (Å²) in [5.41, 5.74) is 3.60. The van der Waals surface area contributed by atoms with Gasteiger partial charge in [0, 0.05) is 64.8 Å². The summed E-state index contributed by atoms with van der Waals surface area (Å²) in [5, 5.41) is 5.68. The smallest absolute Gasteiger partial charge is 0.331 e. The average molecular weight is 539 g/mol. The predicted octanol–water partition coefficient (Wildman–Crippen LogP) is 6.26. The van der Waals surface area contributed by atoms with E-state index in [1.165, 1.54) is 13.8 Å². The monoisotopic (exact) mass is 538 g/mol. The SMILES string of the molecule is CCn1c2ccc(C(=O)/C(=N/OC(C)=O)C3CCCC3)cc2c2cc(C(=O)c3ccc(OC(C)=O)cc3)ccc21. The minimum absolute atomic E-state index is 0.0454. The number of Topliss-reactive ketones (excluding diaryl/α,β-unsaturated/α-hetero) is 1. The zero-order valence-corrected chi connectivity index (χ0v) is 22.7. The van der Waals surface area contributed by atoms with E-state index in [9.17, 15) is 19.2 Å². The van der Waals surface area contributed by atoms with E-state index in [0.29, 0.717) is 29.0 Å². The zero-order chi connectivity index (χ0) is 28.4. The van der Waals surface area contributed by atoms with E-state index >= 15 is 0 Å². The number of rotatable bonds is 8. The number of benzene rings is 3. The Labute approximate surface area is 231 Å². The maximum atomic E-state index is 13.6. The van der Waals surface area contributed by atoms with Crippen LogP contribution in [0.3, 0.4) is 0 Å². The lowest BCUT2D eigenvalue weighted by atomic mass is 9.93. The van der Waals surface area contributed by atoms with Gasteiger partial charge in [-0.1, -0.05) is 18.0 Å². The number of fused-ring (bicyclic) bond motifs is 3. The number of aromatic nitrogens is 1. The van der Waals surface area contributed by atoms with Crippen molar-refractivity contribution in [2.24, 2.45) is 11.1 Å². The van der Waals surface area contributed by atoms with Crippen molar-refractivity contribution >= 4 is 51.0 Å². The Bertz CT molecular complexity index is 1670. The molecule has 4 aromatic rings. The van der Waals surface area contributed by atoms with E-state index in [0.717, 1.165) is 47.5 Å². The fraction of sp³-hybridized carbons (Fsp3) is 0.281. The molecule has 1 heterocycles. The first kappa shape index (κ1) is 27.0. The maximum absolute atomic E-state index is 13.6. The van der Waals surface area contributed by atoms with Gasteiger partial charge in [0.1, 0.15) is 11.5 Å². The summed E-state index contributed by atoms with van der Waals surface area (Å²) < 4.78 is 7.21. The standard InChI is InChI=1S/C32H30N2O6/c1-4-34-28-15-11-23(31(37)22-9-13-25(14-10-22)39-19(2)35)17-26(28)27-18-24(12-16-29(27)34)32(38)30(33-40-20(3)36)21-7-5-6-8-21/h9-18,21H,4-8H2,1-3H3/b33-30+. The lowest BCUT2D eigenvalue weighted by Gasteiger charge is -2.12. The minimum atomic E-state index is -0.567. The van der Waals surface area contributed by atoms with Crippen LogP contribution in [0.15, 0.2) is 65.8 Å². The van der Waals surface area contributed by atoms with E-state index in [2.05, 4.69) is 9.72 Å². The summed E-state index contributed by atoms with van der Waals surface area (Å²) in [6, 6.07) is 17.6. The number of aryl methyl sites for hydroxylation is 1. The quantitative estimate of drug-likeness (QED) is 0.0655. The van der Waals surface area contributed by atoms with E-state index in [-0.39, 0.29) is 23.2 Å². The van der Waals surface area contributed by atoms with Crippen LogP contribution in [0.2, 0.25) is 0 Å². The first-order chi connectivity index (χ1) is 19.3. The molecule has 1 aliphatic carbocycles. The molecule has 0 bridgehead atoms. The molecule has 1 fully saturated rings. The van der Waals surface area contributed by atoms with Crippen molar-refractivity contribution in [3.05, 3.63) is 77.4 Å². The van der Waals surface area contributed by atoms with Gasteiger partial charge >= 0.3 is 11.9 Å². The Morgan fingerprint density at radius 3 is 1.95 bits per heavy atom. The fourth-order valence-corrected chi connectivity index (χ4v) is 5.50. The third kappa shape index (κ3) is 5.30. The summed E-state index contributed by atoms with van der Waals surface area (Å²) in [6.07, 6.45) is 3.67. The third-order valence-electron chi connectivity index (χ3n) is 7.33. The van der Waals surface area contributed by atoms with Crippen LogP contribution in [0, 0.1) is 5.92 Å². The highest BCUT2D eigenvalue weighted by atomic mass is 16.7. The lowest BCUT2D eigenvalue weighted by molar-refractivity contribution is -0.141. The highest BCUT2D eigenvalue weighted by molar-refractivity contribution is 6.47. The number of carbonyl (C=O) groups is 4. The number of oxime groups is 1. The highest BCUT2D eigenvalue weighted by Gasteiger charge is 2.28. The van der Waals surface area contributed by atoms with Gasteiger partial charge in [0.15, 0.2) is 5.78 Å². The van der Waals surface area contributed by atoms with Crippen LogP contribution in [-0.4, -0.2) is 33.8 Å². The highest BCUT2D eigenvalue weighted by Crippen LogP contribution is 2.33. The molecule has 0 spiro atoms. The second kappa shape index (κ2) is 11.3. The van der Waals surface area contributed by atoms with Crippen LogP contribution in [0.5, 0.6) is 5.75 Å². The van der Waals surface area contributed by atoms with Crippen LogP contribution in [0.1, 0.15) is 72.7 Å². The van der Waals surface area contributed by atoms with Crippen molar-refractivity contribution < 1.29 is 28.8 Å². The van der Waals surface area contributed by atoms with Crippen LogP contribution < -0.4 is 4.74 Å². The number of hydrogen-bond acceptors (Lipinski definition) is 7. The molecule has 0 atom stereocenters. The van der Waals surface area contributed by atoms with Crippen molar-refractivity contribution in [3.8, 4) is 5.75 Å². The predicted molar refractivity (Wildman–Crippen MR) is 152 cm³/mol. The summed E-state index contributed by atoms with van der Waals surface area (Å²) in [6.45, 7) is 5.34. The Balaban J connectivity index is 1.55. The van der Waals surface area contributed by atoms with Gasteiger partial charge in [-0.05, 0) is 80.4 Å². The topological polar surface area (TPSA) is 104 Å². The lowest BCUT2D eigenvalue weighted by Crippen LogP contribution is -2.23. The molecule has 1 aromatic heterocycles. The largest absolute Gasteiger partial charge is 0.427 e. The van der Waals surface area contributed by atoms with Crippen molar-refractivity contribution in [1.82, 2.24) is 4.57 Å². The molecule has 0 N–H and O–H groups in total. The molecular formula is C32H30N2O6. The molecule has 8 nitrogen and oxygen atoms in total. The number of carbonyl (C=O) groups excluding carboxylic acids is 4. The van der Waals surface area contributed by atoms with Gasteiger partial charge in [0.2, 0.25) is 5.78 Å². The molecule has 1 aliphatic rings. The van der Waals surface area contributed by atoms with Gasteiger partial charge in [-0.15, -0.1) is 0 Å². The second-order valence-corrected chi connectivity index (χ2v) is 10.0. The zero-order valence-electron chi connectivity index (χ0n) is 22.7. The first-order valence-electron chi connectivity index (χ1n) is 13.5. The van der Waals surface area contributed by atoms with Crippen molar-refractivity contribution in [3.63, 3.8) is 0 Å². The summed E-state index contributed by atoms with van der Waals surface area (Å²) in [4.78, 5) is 54.5. The van der Waals surface area contributed by atoms with E-state index in [4.69, 9.17) is 9.57 Å². The summed E-state index contributed by atoms with van der Waals surface area (Å²) >= 11 is 0. The first-order valence-corrected chi connectivity index (χ1v) is 13.5. The van der Waals surface area contributed by atoms with Crippen LogP contribution >= 0.6 is 0 Å². The summed E-state index contributed by atoms with van der Waals surface area (Å²) in [5.74, 6) is -1.09. The molecule has 0 saturated heterocycles. The van der Waals surface area contributed by atoms with E-state index in [1.807, 2.05) is 31.2 Å². The fourth-order valence-electron chi connectivity index (χ4n) is 5.50. The Kier molecular flexibility index (Phi) is 7.60. The molecule has 5 rings (SSSR count). The number of hydrogen-bond donors (Lipinski definition) is 0. The minimum Gasteiger partial charge on any atom is -0.427 e. The van der Waals surface area contributed by atoms with E-state index < -0.39 is 11.9 Å². The normalized spacial score (nSPS) is 14.0. The molecule has 40 heavy (non-hydrogen) atoms. The molecular weight excluding hydrogens is 508 g/mol. The van der Waals surface area contributed by atoms with Gasteiger partial charge in [-0.25, -0.2) is 4.79 Å². The maximum Gasteiger partial charge on any atom is 0.331 e. The Morgan fingerprint density at radius 2 is 1.38 bits per heavy atom. The van der Waals surface area contributed by atoms with Crippen LogP contribution in [0.4, 0.5) is 0 Å². The van der Waals surface area contributed by atoms with Crippen molar-refractivity contribution in [2.45, 2.75) is 53.0 Å². The van der Waals surface area contributed by atoms with Crippen molar-refractivity contribution in [1.29, 1.82) is 0 Å². The number of ketones is 2. The molecule has 0 radical (unpaired) electrons. The number of nitrogens with zero attached hydrogens (tertiary/aromatic N) is 2. The summed E-state index contributed by atoms with van der Waals surface area (Å²) in [7, 11) is 0. The van der Waals surface area contributed by atoms with Gasteiger partial charge < -0.3 is 14.1 Å². The van der Waals surface area contributed by atoms with Gasteiger partial charge in [0.25, 0.3) is 0 Å². The molecule has 204 valence electrons. The number of ether oxygens (including phenoxy) is 1. The third-order valence-corrected chi connectivity index (χ3v) is 7.33. The Hall–Kier alpha value is -4.59. The second-order valence-electron chi connectivity index (χ2n) is 10.0. The molecule has 0 aliphatic heterocycles. The van der Waals surface area contributed by atoms with E-state index in [1.54, 1.807) is 36.4 Å². The van der Waals surface area contributed by atoms with Gasteiger partial charge in [-0.2, -0.15) is 0 Å². The van der Waals surface area contributed by atoms with Crippen LogP contribution in [0.25, 0.3) is 21.8 Å². The Morgan fingerprint density at radius 1 is 0.800 bits per heavy atom. The van der Waals surface area contributed by atoms with Gasteiger partial charge in [0.05, 0.1) is 0 Å². The molecule has 0 amide bonds. The van der Waals surface area contributed by atoms with Crippen LogP contribution in [-0.2, 0) is 21.0 Å². The number of esters is 1. The molecule has 1 saturated carbocycles. The average Bonchev–Trinajstić information content (AvgIpc) is 3.58. The van der Waals surface area contributed by atoms with Crippen molar-refractivity contribution in [2.75, 3.05) is 0 Å². The molecule has 8 heteroatoms.